The fraction of sp³-hybridized carbons (Fsp3) is 0.100. The second-order valence-corrected chi connectivity index (χ2v) is 3.26. The highest BCUT2D eigenvalue weighted by Crippen LogP contribution is 2.21. The Morgan fingerprint density at radius 2 is 2.19 bits per heavy atom. The number of rotatable bonds is 2. The van der Waals surface area contributed by atoms with Crippen LogP contribution in [0.15, 0.2) is 24.4 Å². The van der Waals surface area contributed by atoms with Gasteiger partial charge in [0.2, 0.25) is 0 Å². The van der Waals surface area contributed by atoms with Gasteiger partial charge in [-0.25, -0.2) is 4.39 Å². The summed E-state index contributed by atoms with van der Waals surface area (Å²) in [4.78, 5) is 3.92. The lowest BCUT2D eigenvalue weighted by molar-refractivity contribution is 0.385. The quantitative estimate of drug-likeness (QED) is 0.704. The van der Waals surface area contributed by atoms with E-state index in [4.69, 9.17) is 14.8 Å². The molecule has 0 aliphatic carbocycles. The number of halogens is 1. The first-order valence-corrected chi connectivity index (χ1v) is 4.62. The predicted molar refractivity (Wildman–Crippen MR) is 58.1 cm³/mol. The Morgan fingerprint density at radius 1 is 1.44 bits per heavy atom. The van der Waals surface area contributed by atoms with Crippen LogP contribution in [0.4, 0.5) is 4.39 Å². The summed E-state index contributed by atoms with van der Waals surface area (Å²) in [5.74, 6) is -0.840. The van der Waals surface area contributed by atoms with Crippen LogP contribution in [0.2, 0.25) is 0 Å². The molecule has 0 aliphatic heterocycles. The van der Waals surface area contributed by atoms with Crippen molar-refractivity contribution in [2.45, 2.75) is 0 Å². The van der Waals surface area contributed by atoms with Crippen molar-refractivity contribution >= 4 is 23.5 Å². The number of methoxy groups -OCH3 is 1. The molecule has 2 N–H and O–H groups in total. The van der Waals surface area contributed by atoms with Gasteiger partial charge in [-0.15, -0.1) is 0 Å². The summed E-state index contributed by atoms with van der Waals surface area (Å²) in [6.07, 6.45) is 1.46. The van der Waals surface area contributed by atoms with Crippen LogP contribution in [0.5, 0.6) is 5.75 Å². The second kappa shape index (κ2) is 4.07. The molecule has 1 heterocycles. The van der Waals surface area contributed by atoms with Gasteiger partial charge in [0, 0.05) is 17.0 Å². The zero-order valence-corrected chi connectivity index (χ0v) is 8.51. The topological polar surface area (TPSA) is 62.6 Å². The van der Waals surface area contributed by atoms with Gasteiger partial charge in [0.05, 0.1) is 12.6 Å². The number of fused-ring (bicyclic) bond motifs is 1. The summed E-state index contributed by atoms with van der Waals surface area (Å²) in [5, 5.41) is 18.9. The molecule has 16 heavy (non-hydrogen) atoms. The third-order valence-electron chi connectivity index (χ3n) is 2.31. The van der Waals surface area contributed by atoms with E-state index in [-0.39, 0.29) is 16.7 Å². The summed E-state index contributed by atoms with van der Waals surface area (Å²) in [7, 11) is -0.610. The van der Waals surface area contributed by atoms with Gasteiger partial charge in [0.25, 0.3) is 0 Å². The fourth-order valence-electron chi connectivity index (χ4n) is 1.58. The van der Waals surface area contributed by atoms with E-state index in [0.29, 0.717) is 5.39 Å². The summed E-state index contributed by atoms with van der Waals surface area (Å²) in [6, 6.07) is 4.83. The highest BCUT2D eigenvalue weighted by atomic mass is 19.1. The van der Waals surface area contributed by atoms with Crippen molar-refractivity contribution in [1.82, 2.24) is 4.98 Å². The van der Waals surface area contributed by atoms with Crippen molar-refractivity contribution in [2.24, 2.45) is 0 Å². The zero-order valence-electron chi connectivity index (χ0n) is 8.51. The highest BCUT2D eigenvalue weighted by molar-refractivity contribution is 6.61. The van der Waals surface area contributed by atoms with Crippen molar-refractivity contribution in [3.8, 4) is 5.75 Å². The molecule has 0 saturated carbocycles. The van der Waals surface area contributed by atoms with E-state index < -0.39 is 12.9 Å². The minimum Gasteiger partial charge on any atom is -0.494 e. The lowest BCUT2D eigenvalue weighted by atomic mass is 9.78. The maximum absolute atomic E-state index is 13.8. The monoisotopic (exact) mass is 221 g/mol. The lowest BCUT2D eigenvalue weighted by Crippen LogP contribution is -2.34. The lowest BCUT2D eigenvalue weighted by Gasteiger charge is -2.10. The molecular weight excluding hydrogens is 212 g/mol. The molecule has 0 unspecified atom stereocenters. The first kappa shape index (κ1) is 10.8. The van der Waals surface area contributed by atoms with Gasteiger partial charge < -0.3 is 14.8 Å². The fourth-order valence-corrected chi connectivity index (χ4v) is 1.58. The van der Waals surface area contributed by atoms with Crippen molar-refractivity contribution in [2.75, 3.05) is 7.11 Å². The molecular formula is C10H9BFNO3. The number of nitrogens with zero attached hydrogens (tertiary/aromatic N) is 1. The number of pyridine rings is 1. The number of hydrogen-bond donors (Lipinski definition) is 2. The maximum atomic E-state index is 13.8. The van der Waals surface area contributed by atoms with Gasteiger partial charge in [-0.05, 0) is 12.1 Å². The van der Waals surface area contributed by atoms with Crippen molar-refractivity contribution < 1.29 is 19.2 Å². The number of ether oxygens (including phenoxy) is 1. The van der Waals surface area contributed by atoms with Crippen LogP contribution in [0.1, 0.15) is 0 Å². The Balaban J connectivity index is 2.85. The average molecular weight is 221 g/mol. The van der Waals surface area contributed by atoms with E-state index in [9.17, 15) is 4.39 Å². The normalized spacial score (nSPS) is 10.5. The van der Waals surface area contributed by atoms with Crippen molar-refractivity contribution in [3.63, 3.8) is 0 Å². The molecule has 0 amide bonds. The third kappa shape index (κ3) is 1.62. The Morgan fingerprint density at radius 3 is 2.81 bits per heavy atom. The number of hydrogen-bond acceptors (Lipinski definition) is 4. The molecule has 1 aromatic carbocycles. The van der Waals surface area contributed by atoms with Gasteiger partial charge in [0.1, 0.15) is 0 Å². The van der Waals surface area contributed by atoms with Crippen LogP contribution in [-0.4, -0.2) is 29.3 Å². The molecule has 0 atom stereocenters. The third-order valence-corrected chi connectivity index (χ3v) is 2.31. The zero-order chi connectivity index (χ0) is 11.7. The smallest absolute Gasteiger partial charge is 0.493 e. The van der Waals surface area contributed by atoms with Gasteiger partial charge in [-0.2, -0.15) is 0 Å². The van der Waals surface area contributed by atoms with Crippen LogP contribution in [-0.2, 0) is 0 Å². The molecule has 0 fully saturated rings. The van der Waals surface area contributed by atoms with E-state index in [1.807, 2.05) is 0 Å². The van der Waals surface area contributed by atoms with E-state index in [0.717, 1.165) is 0 Å². The highest BCUT2D eigenvalue weighted by Gasteiger charge is 2.24. The Kier molecular flexibility index (Phi) is 2.76. The molecule has 0 saturated heterocycles. The molecule has 82 valence electrons. The van der Waals surface area contributed by atoms with E-state index in [1.54, 1.807) is 12.1 Å². The summed E-state index contributed by atoms with van der Waals surface area (Å²) in [6.45, 7) is 0. The largest absolute Gasteiger partial charge is 0.494 e. The summed E-state index contributed by atoms with van der Waals surface area (Å²) >= 11 is 0. The standard InChI is InChI=1S/C10H9BFNO3/c1-16-7-5-6-3-2-4-13-10(6)8(9(7)12)11(14)15/h2-5,14-15H,1H3. The molecule has 0 radical (unpaired) electrons. The van der Waals surface area contributed by atoms with Crippen LogP contribution < -0.4 is 10.2 Å². The van der Waals surface area contributed by atoms with E-state index in [1.165, 1.54) is 19.4 Å². The minimum atomic E-state index is -1.92. The molecule has 1 aromatic heterocycles. The van der Waals surface area contributed by atoms with Crippen molar-refractivity contribution in [3.05, 3.63) is 30.2 Å². The van der Waals surface area contributed by atoms with Crippen LogP contribution in [0, 0.1) is 5.82 Å². The first-order valence-electron chi connectivity index (χ1n) is 4.62. The van der Waals surface area contributed by atoms with Crippen molar-refractivity contribution in [1.29, 1.82) is 0 Å². The summed E-state index contributed by atoms with van der Waals surface area (Å²) in [5.41, 5.74) is -0.0502. The molecule has 6 heteroatoms. The molecule has 0 aliphatic rings. The molecule has 0 spiro atoms. The minimum absolute atomic E-state index is 0.0383. The number of aromatic nitrogens is 1. The average Bonchev–Trinajstić information content (AvgIpc) is 2.27. The van der Waals surface area contributed by atoms with Crippen LogP contribution in [0.25, 0.3) is 10.9 Å². The maximum Gasteiger partial charge on any atom is 0.493 e. The van der Waals surface area contributed by atoms with Gasteiger partial charge >= 0.3 is 7.12 Å². The molecule has 0 bridgehead atoms. The molecule has 2 rings (SSSR count). The Bertz CT molecular complexity index is 533. The second-order valence-electron chi connectivity index (χ2n) is 3.26. The first-order chi connectivity index (χ1) is 7.65. The Labute approximate surface area is 91.5 Å². The van der Waals surface area contributed by atoms with Crippen LogP contribution >= 0.6 is 0 Å². The van der Waals surface area contributed by atoms with E-state index in [2.05, 4.69) is 4.98 Å². The van der Waals surface area contributed by atoms with E-state index >= 15 is 0 Å². The number of benzene rings is 1. The summed E-state index contributed by atoms with van der Waals surface area (Å²) < 4.78 is 18.6. The molecule has 4 nitrogen and oxygen atoms in total. The van der Waals surface area contributed by atoms with Gasteiger partial charge in [-0.3, -0.25) is 4.98 Å². The van der Waals surface area contributed by atoms with Gasteiger partial charge in [0.15, 0.2) is 11.6 Å². The SMILES string of the molecule is COc1cc2cccnc2c(B(O)O)c1F. The van der Waals surface area contributed by atoms with Crippen LogP contribution in [0.3, 0.4) is 0 Å². The Hall–Kier alpha value is -1.66. The van der Waals surface area contributed by atoms with Gasteiger partial charge in [-0.1, -0.05) is 6.07 Å². The molecule has 2 aromatic rings. The predicted octanol–water partition coefficient (Wildman–Crippen LogP) is 0.0623.